The number of nitrogens with zero attached hydrogens (tertiary/aromatic N) is 5. The van der Waals surface area contributed by atoms with Gasteiger partial charge in [0.15, 0.2) is 0 Å². The van der Waals surface area contributed by atoms with Gasteiger partial charge >= 0.3 is 0 Å². The van der Waals surface area contributed by atoms with E-state index in [1.165, 1.54) is 0 Å². The molecule has 1 saturated heterocycles. The zero-order valence-electron chi connectivity index (χ0n) is 13.5. The summed E-state index contributed by atoms with van der Waals surface area (Å²) in [6, 6.07) is 9.38. The van der Waals surface area contributed by atoms with Gasteiger partial charge in [0.25, 0.3) is 0 Å². The molecule has 0 unspecified atom stereocenters. The number of nitrogens with one attached hydrogen (secondary N) is 1. The summed E-state index contributed by atoms with van der Waals surface area (Å²) < 4.78 is 0. The van der Waals surface area contributed by atoms with E-state index in [4.69, 9.17) is 0 Å². The monoisotopic (exact) mass is 332 g/mol. The van der Waals surface area contributed by atoms with Crippen LogP contribution in [0.25, 0.3) is 11.4 Å². The molecule has 0 bridgehead atoms. The Morgan fingerprint density at radius 2 is 1.92 bits per heavy atom. The first-order valence-electron chi connectivity index (χ1n) is 8.06. The lowest BCUT2D eigenvalue weighted by Gasteiger charge is -2.15. The smallest absolute Gasteiger partial charge is 0.227 e. The van der Waals surface area contributed by atoms with E-state index < -0.39 is 0 Å². The quantitative estimate of drug-likeness (QED) is 0.791. The van der Waals surface area contributed by atoms with Gasteiger partial charge in [-0.15, -0.1) is 0 Å². The standard InChI is InChI=1S/C18H16N6O/c25-18-5-2-10-24(18)13-6-7-16(21-11-13)23-17-4-1-3-14(22-17)15-12-19-8-9-20-15/h1,3-4,6-9,11-12H,2,5,10H2,(H,21,22,23). The molecule has 3 aromatic heterocycles. The van der Waals surface area contributed by atoms with Crippen LogP contribution in [-0.4, -0.2) is 32.4 Å². The van der Waals surface area contributed by atoms with Crippen molar-refractivity contribution in [2.45, 2.75) is 12.8 Å². The molecule has 0 aliphatic carbocycles. The molecule has 0 saturated carbocycles. The molecule has 25 heavy (non-hydrogen) atoms. The number of hydrogen-bond acceptors (Lipinski definition) is 6. The molecule has 0 spiro atoms. The molecule has 1 N–H and O–H groups in total. The van der Waals surface area contributed by atoms with Crippen LogP contribution in [0.4, 0.5) is 17.3 Å². The number of rotatable bonds is 4. The molecule has 4 heterocycles. The third-order valence-electron chi connectivity index (χ3n) is 3.96. The topological polar surface area (TPSA) is 83.9 Å². The predicted molar refractivity (Wildman–Crippen MR) is 94.4 cm³/mol. The number of carbonyl (C=O) groups excluding carboxylic acids is 1. The number of carbonyl (C=O) groups is 1. The molecular weight excluding hydrogens is 316 g/mol. The Balaban J connectivity index is 1.51. The number of aromatic nitrogens is 4. The van der Waals surface area contributed by atoms with Crippen LogP contribution in [0, 0.1) is 0 Å². The lowest BCUT2D eigenvalue weighted by molar-refractivity contribution is -0.117. The van der Waals surface area contributed by atoms with E-state index in [9.17, 15) is 4.79 Å². The predicted octanol–water partition coefficient (Wildman–Crippen LogP) is 2.80. The molecular formula is C18H16N6O. The maximum absolute atomic E-state index is 11.8. The van der Waals surface area contributed by atoms with Crippen LogP contribution in [0.15, 0.2) is 55.1 Å². The van der Waals surface area contributed by atoms with E-state index in [0.29, 0.717) is 23.8 Å². The number of anilines is 3. The van der Waals surface area contributed by atoms with Crippen molar-refractivity contribution in [2.24, 2.45) is 0 Å². The van der Waals surface area contributed by atoms with E-state index in [0.717, 1.165) is 24.3 Å². The van der Waals surface area contributed by atoms with Crippen LogP contribution >= 0.6 is 0 Å². The maximum atomic E-state index is 11.8. The maximum Gasteiger partial charge on any atom is 0.227 e. The normalized spacial score (nSPS) is 13.9. The minimum atomic E-state index is 0.154. The Hall–Kier alpha value is -3.35. The van der Waals surface area contributed by atoms with Crippen LogP contribution in [0.5, 0.6) is 0 Å². The van der Waals surface area contributed by atoms with Crippen LogP contribution in [-0.2, 0) is 4.79 Å². The second-order valence-electron chi connectivity index (χ2n) is 5.67. The van der Waals surface area contributed by atoms with E-state index in [2.05, 4.69) is 25.3 Å². The summed E-state index contributed by atoms with van der Waals surface area (Å²) in [6.07, 6.45) is 8.15. The van der Waals surface area contributed by atoms with Gasteiger partial charge in [-0.3, -0.25) is 14.8 Å². The van der Waals surface area contributed by atoms with E-state index in [1.54, 1.807) is 29.7 Å². The molecule has 0 aromatic carbocycles. The SMILES string of the molecule is O=C1CCCN1c1ccc(Nc2cccc(-c3cnccn3)n2)nc1. The first-order chi connectivity index (χ1) is 12.3. The highest BCUT2D eigenvalue weighted by Crippen LogP contribution is 2.23. The minimum absolute atomic E-state index is 0.154. The van der Waals surface area contributed by atoms with Crippen molar-refractivity contribution in [3.8, 4) is 11.4 Å². The van der Waals surface area contributed by atoms with E-state index in [1.807, 2.05) is 30.3 Å². The summed E-state index contributed by atoms with van der Waals surface area (Å²) in [6.45, 7) is 0.759. The average molecular weight is 332 g/mol. The Morgan fingerprint density at radius 1 is 0.960 bits per heavy atom. The molecule has 1 aliphatic rings. The summed E-state index contributed by atoms with van der Waals surface area (Å²) in [4.78, 5) is 30.8. The van der Waals surface area contributed by atoms with Gasteiger partial charge in [-0.1, -0.05) is 6.07 Å². The van der Waals surface area contributed by atoms with Crippen molar-refractivity contribution in [3.05, 3.63) is 55.1 Å². The van der Waals surface area contributed by atoms with Gasteiger partial charge in [-0.05, 0) is 30.7 Å². The highest BCUT2D eigenvalue weighted by molar-refractivity contribution is 5.95. The fourth-order valence-corrected chi connectivity index (χ4v) is 2.75. The number of amides is 1. The minimum Gasteiger partial charge on any atom is -0.325 e. The summed E-state index contributed by atoms with van der Waals surface area (Å²) >= 11 is 0. The lowest BCUT2D eigenvalue weighted by atomic mass is 10.3. The van der Waals surface area contributed by atoms with Crippen LogP contribution < -0.4 is 10.2 Å². The van der Waals surface area contributed by atoms with Gasteiger partial charge in [0.2, 0.25) is 5.91 Å². The molecule has 1 aliphatic heterocycles. The van der Waals surface area contributed by atoms with Crippen LogP contribution in [0.1, 0.15) is 12.8 Å². The van der Waals surface area contributed by atoms with Crippen molar-refractivity contribution >= 4 is 23.2 Å². The summed E-state index contributed by atoms with van der Waals surface area (Å²) in [5, 5.41) is 3.17. The number of hydrogen-bond donors (Lipinski definition) is 1. The Labute approximate surface area is 144 Å². The molecule has 0 radical (unpaired) electrons. The van der Waals surface area contributed by atoms with Gasteiger partial charge in [0, 0.05) is 25.4 Å². The first kappa shape index (κ1) is 15.2. The van der Waals surface area contributed by atoms with Gasteiger partial charge in [-0.25, -0.2) is 9.97 Å². The Morgan fingerprint density at radius 3 is 2.64 bits per heavy atom. The van der Waals surface area contributed by atoms with Gasteiger partial charge in [0.05, 0.1) is 23.8 Å². The van der Waals surface area contributed by atoms with Crippen LogP contribution in [0.2, 0.25) is 0 Å². The lowest BCUT2D eigenvalue weighted by Crippen LogP contribution is -2.23. The van der Waals surface area contributed by atoms with Crippen LogP contribution in [0.3, 0.4) is 0 Å². The van der Waals surface area contributed by atoms with Gasteiger partial charge < -0.3 is 10.2 Å². The van der Waals surface area contributed by atoms with E-state index in [-0.39, 0.29) is 5.91 Å². The first-order valence-corrected chi connectivity index (χ1v) is 8.06. The van der Waals surface area contributed by atoms with Crippen molar-refractivity contribution in [1.29, 1.82) is 0 Å². The molecule has 7 nitrogen and oxygen atoms in total. The van der Waals surface area contributed by atoms with Crippen molar-refractivity contribution in [3.63, 3.8) is 0 Å². The third kappa shape index (κ3) is 3.30. The van der Waals surface area contributed by atoms with Crippen molar-refractivity contribution in [1.82, 2.24) is 19.9 Å². The molecule has 3 aromatic rings. The number of pyridine rings is 2. The zero-order chi connectivity index (χ0) is 17.1. The molecule has 4 rings (SSSR count). The molecule has 1 amide bonds. The highest BCUT2D eigenvalue weighted by Gasteiger charge is 2.21. The third-order valence-corrected chi connectivity index (χ3v) is 3.96. The summed E-state index contributed by atoms with van der Waals surface area (Å²) in [5.74, 6) is 1.49. The summed E-state index contributed by atoms with van der Waals surface area (Å²) in [7, 11) is 0. The van der Waals surface area contributed by atoms with Crippen molar-refractivity contribution in [2.75, 3.05) is 16.8 Å². The Bertz CT molecular complexity index is 882. The molecule has 124 valence electrons. The van der Waals surface area contributed by atoms with Gasteiger partial charge in [-0.2, -0.15) is 0 Å². The Kier molecular flexibility index (Phi) is 4.04. The second-order valence-corrected chi connectivity index (χ2v) is 5.67. The average Bonchev–Trinajstić information content (AvgIpc) is 3.09. The van der Waals surface area contributed by atoms with Crippen molar-refractivity contribution < 1.29 is 4.79 Å². The van der Waals surface area contributed by atoms with E-state index >= 15 is 0 Å². The molecule has 7 heteroatoms. The fourth-order valence-electron chi connectivity index (χ4n) is 2.75. The summed E-state index contributed by atoms with van der Waals surface area (Å²) in [5.41, 5.74) is 2.27. The zero-order valence-corrected chi connectivity index (χ0v) is 13.5. The molecule has 0 atom stereocenters. The van der Waals surface area contributed by atoms with Gasteiger partial charge in [0.1, 0.15) is 17.3 Å². The largest absolute Gasteiger partial charge is 0.325 e. The highest BCUT2D eigenvalue weighted by atomic mass is 16.2. The second kappa shape index (κ2) is 6.64. The fraction of sp³-hybridized carbons (Fsp3) is 0.167. The molecule has 1 fully saturated rings.